The summed E-state index contributed by atoms with van der Waals surface area (Å²) in [6, 6.07) is 5.35. The van der Waals surface area contributed by atoms with Crippen molar-refractivity contribution in [2.75, 3.05) is 7.11 Å². The molecule has 2 rings (SSSR count). The van der Waals surface area contributed by atoms with Crippen LogP contribution in [0.1, 0.15) is 41.3 Å². The Kier molecular flexibility index (Phi) is 5.19. The zero-order valence-electron chi connectivity index (χ0n) is 12.1. The van der Waals surface area contributed by atoms with Gasteiger partial charge in [-0.2, -0.15) is 0 Å². The highest BCUT2D eigenvalue weighted by molar-refractivity contribution is 5.87. The van der Waals surface area contributed by atoms with Crippen LogP contribution in [0.4, 0.5) is 0 Å². The number of carbonyl (C=O) groups excluding carboxylic acids is 1. The van der Waals surface area contributed by atoms with E-state index in [1.165, 1.54) is 7.11 Å². The molecular formula is C15H20N2O4. The van der Waals surface area contributed by atoms with Crippen molar-refractivity contribution >= 4 is 5.97 Å². The van der Waals surface area contributed by atoms with Crippen molar-refractivity contribution in [3.8, 4) is 0 Å². The van der Waals surface area contributed by atoms with E-state index in [2.05, 4.69) is 15.0 Å². The predicted molar refractivity (Wildman–Crippen MR) is 76.7 cm³/mol. The van der Waals surface area contributed by atoms with Crippen molar-refractivity contribution in [1.29, 1.82) is 0 Å². The van der Waals surface area contributed by atoms with E-state index in [9.17, 15) is 9.90 Å². The van der Waals surface area contributed by atoms with Crippen molar-refractivity contribution in [2.45, 2.75) is 32.0 Å². The fourth-order valence-corrected chi connectivity index (χ4v) is 2.08. The standard InChI is InChI=1S/C15H20N2O4/c1-10(6-13(18)14-4-3-5-21-14)16-8-11-7-12(17-9-11)15(19)20-2/h3-5,7,9-10,13,16-18H,6,8H2,1-2H3. The number of hydrogen-bond acceptors (Lipinski definition) is 5. The van der Waals surface area contributed by atoms with Crippen LogP contribution in [-0.4, -0.2) is 29.2 Å². The van der Waals surface area contributed by atoms with E-state index in [0.717, 1.165) is 5.56 Å². The van der Waals surface area contributed by atoms with Crippen LogP contribution in [0.25, 0.3) is 0 Å². The van der Waals surface area contributed by atoms with E-state index in [-0.39, 0.29) is 12.0 Å². The topological polar surface area (TPSA) is 87.5 Å². The van der Waals surface area contributed by atoms with Gasteiger partial charge in [-0.3, -0.25) is 0 Å². The van der Waals surface area contributed by atoms with Gasteiger partial charge in [0.2, 0.25) is 0 Å². The summed E-state index contributed by atoms with van der Waals surface area (Å²) >= 11 is 0. The Morgan fingerprint density at radius 3 is 3.05 bits per heavy atom. The third kappa shape index (κ3) is 4.21. The minimum Gasteiger partial charge on any atom is -0.467 e. The number of carbonyl (C=O) groups is 1. The number of furan rings is 1. The van der Waals surface area contributed by atoms with Gasteiger partial charge in [-0.25, -0.2) is 4.79 Å². The lowest BCUT2D eigenvalue weighted by molar-refractivity contribution is 0.0595. The Bertz CT molecular complexity index is 562. The van der Waals surface area contributed by atoms with Crippen LogP contribution >= 0.6 is 0 Å². The zero-order valence-corrected chi connectivity index (χ0v) is 12.1. The van der Waals surface area contributed by atoms with Gasteiger partial charge in [0.15, 0.2) is 0 Å². The molecule has 21 heavy (non-hydrogen) atoms. The molecule has 0 bridgehead atoms. The molecule has 2 unspecified atom stereocenters. The number of aliphatic hydroxyl groups excluding tert-OH is 1. The fraction of sp³-hybridized carbons (Fsp3) is 0.400. The highest BCUT2D eigenvalue weighted by Crippen LogP contribution is 2.18. The largest absolute Gasteiger partial charge is 0.467 e. The number of aliphatic hydroxyl groups is 1. The number of ether oxygens (including phenoxy) is 1. The highest BCUT2D eigenvalue weighted by atomic mass is 16.5. The summed E-state index contributed by atoms with van der Waals surface area (Å²) in [6.07, 6.45) is 3.22. The summed E-state index contributed by atoms with van der Waals surface area (Å²) in [5.74, 6) is 0.181. The summed E-state index contributed by atoms with van der Waals surface area (Å²) in [5.41, 5.74) is 1.38. The molecule has 0 radical (unpaired) electrons. The Labute approximate surface area is 123 Å². The summed E-state index contributed by atoms with van der Waals surface area (Å²) in [4.78, 5) is 14.2. The molecule has 0 fully saturated rings. The Morgan fingerprint density at radius 1 is 1.57 bits per heavy atom. The number of rotatable bonds is 7. The molecule has 0 aromatic carbocycles. The van der Waals surface area contributed by atoms with Crippen LogP contribution in [0.3, 0.4) is 0 Å². The second-order valence-electron chi connectivity index (χ2n) is 4.96. The highest BCUT2D eigenvalue weighted by Gasteiger charge is 2.15. The van der Waals surface area contributed by atoms with E-state index in [1.807, 2.05) is 6.92 Å². The summed E-state index contributed by atoms with van der Waals surface area (Å²) in [6.45, 7) is 2.58. The molecule has 0 aliphatic carbocycles. The van der Waals surface area contributed by atoms with Crippen molar-refractivity contribution in [2.24, 2.45) is 0 Å². The first-order chi connectivity index (χ1) is 10.1. The van der Waals surface area contributed by atoms with Gasteiger partial charge in [0.05, 0.1) is 13.4 Å². The maximum absolute atomic E-state index is 11.3. The smallest absolute Gasteiger partial charge is 0.354 e. The van der Waals surface area contributed by atoms with Crippen molar-refractivity contribution in [1.82, 2.24) is 10.3 Å². The Morgan fingerprint density at radius 2 is 2.38 bits per heavy atom. The number of nitrogens with one attached hydrogen (secondary N) is 2. The summed E-state index contributed by atoms with van der Waals surface area (Å²) in [5, 5.41) is 13.3. The van der Waals surface area contributed by atoms with Gasteiger partial charge >= 0.3 is 5.97 Å². The van der Waals surface area contributed by atoms with Crippen LogP contribution in [0, 0.1) is 0 Å². The van der Waals surface area contributed by atoms with E-state index >= 15 is 0 Å². The van der Waals surface area contributed by atoms with E-state index < -0.39 is 6.10 Å². The molecular weight excluding hydrogens is 272 g/mol. The molecule has 2 atom stereocenters. The molecule has 0 spiro atoms. The molecule has 2 aromatic heterocycles. The molecule has 3 N–H and O–H groups in total. The van der Waals surface area contributed by atoms with Crippen LogP contribution in [-0.2, 0) is 11.3 Å². The van der Waals surface area contributed by atoms with Crippen LogP contribution in [0.5, 0.6) is 0 Å². The third-order valence-corrected chi connectivity index (χ3v) is 3.25. The molecule has 6 heteroatoms. The Balaban J connectivity index is 1.79. The number of aromatic amines is 1. The number of esters is 1. The molecule has 2 heterocycles. The first-order valence-electron chi connectivity index (χ1n) is 6.80. The number of hydrogen-bond donors (Lipinski definition) is 3. The van der Waals surface area contributed by atoms with Gasteiger partial charge in [-0.05, 0) is 37.1 Å². The minimum atomic E-state index is -0.626. The number of aromatic nitrogens is 1. The minimum absolute atomic E-state index is 0.0987. The van der Waals surface area contributed by atoms with Crippen molar-refractivity contribution < 1.29 is 19.1 Å². The van der Waals surface area contributed by atoms with Gasteiger partial charge in [-0.1, -0.05) is 0 Å². The average molecular weight is 292 g/mol. The summed E-state index contributed by atoms with van der Waals surface area (Å²) < 4.78 is 9.80. The van der Waals surface area contributed by atoms with Crippen molar-refractivity contribution in [3.63, 3.8) is 0 Å². The van der Waals surface area contributed by atoms with Gasteiger partial charge in [0.1, 0.15) is 17.6 Å². The van der Waals surface area contributed by atoms with Crippen molar-refractivity contribution in [3.05, 3.63) is 47.7 Å². The normalized spacial score (nSPS) is 13.9. The second-order valence-corrected chi connectivity index (χ2v) is 4.96. The summed E-state index contributed by atoms with van der Waals surface area (Å²) in [7, 11) is 1.35. The van der Waals surface area contributed by atoms with E-state index in [1.54, 1.807) is 30.7 Å². The van der Waals surface area contributed by atoms with Gasteiger partial charge in [0, 0.05) is 18.8 Å². The number of methoxy groups -OCH3 is 1. The lowest BCUT2D eigenvalue weighted by Crippen LogP contribution is -2.27. The molecule has 0 saturated carbocycles. The lowest BCUT2D eigenvalue weighted by Gasteiger charge is -2.16. The SMILES string of the molecule is COC(=O)c1cc(CNC(C)CC(O)c2ccco2)c[nH]1. The predicted octanol–water partition coefficient (Wildman–Crippen LogP) is 2.00. The Hall–Kier alpha value is -2.05. The molecule has 114 valence electrons. The van der Waals surface area contributed by atoms with Crippen LogP contribution in [0.15, 0.2) is 35.1 Å². The van der Waals surface area contributed by atoms with Gasteiger partial charge in [-0.15, -0.1) is 0 Å². The molecule has 6 nitrogen and oxygen atoms in total. The van der Waals surface area contributed by atoms with Gasteiger partial charge in [0.25, 0.3) is 0 Å². The molecule has 0 aliphatic rings. The monoisotopic (exact) mass is 292 g/mol. The maximum atomic E-state index is 11.3. The third-order valence-electron chi connectivity index (χ3n) is 3.25. The first-order valence-corrected chi connectivity index (χ1v) is 6.80. The van der Waals surface area contributed by atoms with E-state index in [0.29, 0.717) is 24.4 Å². The maximum Gasteiger partial charge on any atom is 0.354 e. The van der Waals surface area contributed by atoms with Gasteiger partial charge < -0.3 is 24.6 Å². The number of H-pyrrole nitrogens is 1. The van der Waals surface area contributed by atoms with E-state index in [4.69, 9.17) is 4.42 Å². The first kappa shape index (κ1) is 15.3. The second kappa shape index (κ2) is 7.10. The zero-order chi connectivity index (χ0) is 15.2. The van der Waals surface area contributed by atoms with Crippen LogP contribution < -0.4 is 5.32 Å². The molecule has 0 saturated heterocycles. The molecule has 2 aromatic rings. The molecule has 0 aliphatic heterocycles. The lowest BCUT2D eigenvalue weighted by atomic mass is 10.1. The fourth-order valence-electron chi connectivity index (χ4n) is 2.08. The average Bonchev–Trinajstić information content (AvgIpc) is 3.15. The quantitative estimate of drug-likeness (QED) is 0.679. The van der Waals surface area contributed by atoms with Crippen LogP contribution in [0.2, 0.25) is 0 Å². The molecule has 0 amide bonds.